The van der Waals surface area contributed by atoms with Gasteiger partial charge in [-0.3, -0.25) is 14.8 Å². The molecule has 23 heavy (non-hydrogen) atoms. The summed E-state index contributed by atoms with van der Waals surface area (Å²) >= 11 is 9.30. The molecule has 2 aromatic carbocycles. The Kier molecular flexibility index (Phi) is 5.86. The Balaban J connectivity index is 2.08. The number of halogens is 2. The van der Waals surface area contributed by atoms with E-state index in [0.29, 0.717) is 15.6 Å². The summed E-state index contributed by atoms with van der Waals surface area (Å²) in [7, 11) is 0. The molecule has 2 amide bonds. The van der Waals surface area contributed by atoms with E-state index in [0.717, 1.165) is 0 Å². The highest BCUT2D eigenvalue weighted by molar-refractivity contribution is 9.10. The Morgan fingerprint density at radius 2 is 1.91 bits per heavy atom. The lowest BCUT2D eigenvalue weighted by molar-refractivity contribution is 0.0706. The Labute approximate surface area is 145 Å². The molecule has 0 aliphatic heterocycles. The van der Waals surface area contributed by atoms with Crippen LogP contribution in [0.2, 0.25) is 5.02 Å². The first-order chi connectivity index (χ1) is 11.0. The van der Waals surface area contributed by atoms with Crippen molar-refractivity contribution in [2.24, 2.45) is 5.10 Å². The summed E-state index contributed by atoms with van der Waals surface area (Å²) in [5, 5.41) is 12.7. The quantitative estimate of drug-likeness (QED) is 0.421. The SMILES string of the molecule is O=C(NO)c1ccc(/C=N/NC(=O)c2ccccc2Br)c(Cl)c1. The zero-order valence-corrected chi connectivity index (χ0v) is 13.9. The fourth-order valence-corrected chi connectivity index (χ4v) is 2.40. The molecule has 0 fully saturated rings. The maximum atomic E-state index is 12.0. The normalized spacial score (nSPS) is 10.6. The van der Waals surface area contributed by atoms with E-state index in [-0.39, 0.29) is 16.5 Å². The van der Waals surface area contributed by atoms with Crippen molar-refractivity contribution in [3.63, 3.8) is 0 Å². The van der Waals surface area contributed by atoms with E-state index in [2.05, 4.69) is 26.5 Å². The van der Waals surface area contributed by atoms with Crippen molar-refractivity contribution in [1.29, 1.82) is 0 Å². The van der Waals surface area contributed by atoms with Gasteiger partial charge in [-0.25, -0.2) is 10.9 Å². The molecule has 2 rings (SSSR count). The second-order valence-corrected chi connectivity index (χ2v) is 5.62. The van der Waals surface area contributed by atoms with E-state index in [1.54, 1.807) is 30.3 Å². The number of nitrogens with one attached hydrogen (secondary N) is 2. The van der Waals surface area contributed by atoms with Crippen LogP contribution in [0.25, 0.3) is 0 Å². The molecular weight excluding hydrogens is 386 g/mol. The summed E-state index contributed by atoms with van der Waals surface area (Å²) in [5.41, 5.74) is 5.06. The van der Waals surface area contributed by atoms with Crippen LogP contribution in [0.4, 0.5) is 0 Å². The third-order valence-electron chi connectivity index (χ3n) is 2.85. The molecular formula is C15H11BrClN3O3. The van der Waals surface area contributed by atoms with Gasteiger partial charge >= 0.3 is 0 Å². The van der Waals surface area contributed by atoms with Gasteiger partial charge in [0.1, 0.15) is 0 Å². The molecule has 0 aromatic heterocycles. The zero-order chi connectivity index (χ0) is 16.8. The summed E-state index contributed by atoms with van der Waals surface area (Å²) in [5.74, 6) is -1.04. The van der Waals surface area contributed by atoms with Crippen molar-refractivity contribution in [3.8, 4) is 0 Å². The van der Waals surface area contributed by atoms with E-state index in [1.807, 2.05) is 0 Å². The Hall–Kier alpha value is -2.22. The van der Waals surface area contributed by atoms with Gasteiger partial charge in [0, 0.05) is 15.6 Å². The standard InChI is InChI=1S/C15H11BrClN3O3/c16-12-4-2-1-3-11(12)15(22)19-18-8-10-6-5-9(7-13(10)17)14(21)20-23/h1-8,23H,(H,19,22)(H,20,21)/b18-8+. The van der Waals surface area contributed by atoms with E-state index in [9.17, 15) is 9.59 Å². The summed E-state index contributed by atoms with van der Waals surface area (Å²) in [6.07, 6.45) is 1.36. The van der Waals surface area contributed by atoms with Crippen molar-refractivity contribution in [1.82, 2.24) is 10.9 Å². The van der Waals surface area contributed by atoms with Gasteiger partial charge in [0.05, 0.1) is 16.8 Å². The van der Waals surface area contributed by atoms with Gasteiger partial charge in [-0.1, -0.05) is 29.8 Å². The first-order valence-electron chi connectivity index (χ1n) is 6.35. The number of hydrazone groups is 1. The highest BCUT2D eigenvalue weighted by Gasteiger charge is 2.09. The van der Waals surface area contributed by atoms with E-state index < -0.39 is 5.91 Å². The second-order valence-electron chi connectivity index (χ2n) is 4.36. The van der Waals surface area contributed by atoms with Crippen LogP contribution in [0.1, 0.15) is 26.3 Å². The zero-order valence-electron chi connectivity index (χ0n) is 11.6. The van der Waals surface area contributed by atoms with Crippen molar-refractivity contribution in [3.05, 3.63) is 68.7 Å². The molecule has 8 heteroatoms. The van der Waals surface area contributed by atoms with Crippen LogP contribution < -0.4 is 10.9 Å². The van der Waals surface area contributed by atoms with Crippen LogP contribution >= 0.6 is 27.5 Å². The van der Waals surface area contributed by atoms with Crippen LogP contribution in [0.15, 0.2) is 52.0 Å². The molecule has 2 aromatic rings. The Morgan fingerprint density at radius 3 is 2.57 bits per heavy atom. The molecule has 118 valence electrons. The average molecular weight is 397 g/mol. The summed E-state index contributed by atoms with van der Waals surface area (Å²) in [6.45, 7) is 0. The number of hydrogen-bond acceptors (Lipinski definition) is 4. The van der Waals surface area contributed by atoms with Gasteiger partial charge in [0.15, 0.2) is 0 Å². The lowest BCUT2D eigenvalue weighted by Gasteiger charge is -2.03. The molecule has 0 heterocycles. The van der Waals surface area contributed by atoms with Gasteiger partial charge in [0.2, 0.25) is 0 Å². The van der Waals surface area contributed by atoms with Gasteiger partial charge in [-0.05, 0) is 40.2 Å². The summed E-state index contributed by atoms with van der Waals surface area (Å²) in [6, 6.07) is 11.3. The maximum Gasteiger partial charge on any atom is 0.274 e. The number of benzene rings is 2. The summed E-state index contributed by atoms with van der Waals surface area (Å²) < 4.78 is 0.658. The highest BCUT2D eigenvalue weighted by atomic mass is 79.9. The fourth-order valence-electron chi connectivity index (χ4n) is 1.70. The fraction of sp³-hybridized carbons (Fsp3) is 0. The molecule has 0 bridgehead atoms. The number of carbonyl (C=O) groups is 2. The largest absolute Gasteiger partial charge is 0.288 e. The van der Waals surface area contributed by atoms with Crippen LogP contribution in [0.3, 0.4) is 0 Å². The van der Waals surface area contributed by atoms with Gasteiger partial charge < -0.3 is 0 Å². The molecule has 6 nitrogen and oxygen atoms in total. The maximum absolute atomic E-state index is 12.0. The Bertz CT molecular complexity index is 780. The minimum Gasteiger partial charge on any atom is -0.288 e. The minimum absolute atomic E-state index is 0.201. The molecule has 0 aliphatic carbocycles. The number of rotatable bonds is 4. The molecule has 0 saturated heterocycles. The first-order valence-corrected chi connectivity index (χ1v) is 7.52. The van der Waals surface area contributed by atoms with Crippen LogP contribution in [-0.4, -0.2) is 23.2 Å². The molecule has 0 radical (unpaired) electrons. The first kappa shape index (κ1) is 17.1. The predicted octanol–water partition coefficient (Wildman–Crippen LogP) is 2.99. The van der Waals surface area contributed by atoms with Crippen LogP contribution in [-0.2, 0) is 0 Å². The van der Waals surface area contributed by atoms with Gasteiger partial charge in [-0.2, -0.15) is 5.10 Å². The van der Waals surface area contributed by atoms with Gasteiger partial charge in [-0.15, -0.1) is 0 Å². The van der Waals surface area contributed by atoms with E-state index in [1.165, 1.54) is 23.8 Å². The molecule has 0 aliphatic rings. The number of hydrogen-bond donors (Lipinski definition) is 3. The number of hydroxylamine groups is 1. The van der Waals surface area contributed by atoms with Gasteiger partial charge in [0.25, 0.3) is 11.8 Å². The smallest absolute Gasteiger partial charge is 0.274 e. The molecule has 0 unspecified atom stereocenters. The Morgan fingerprint density at radius 1 is 1.17 bits per heavy atom. The molecule has 3 N–H and O–H groups in total. The third-order valence-corrected chi connectivity index (χ3v) is 3.87. The lowest BCUT2D eigenvalue weighted by Crippen LogP contribution is -2.19. The average Bonchev–Trinajstić information content (AvgIpc) is 2.55. The topological polar surface area (TPSA) is 90.8 Å². The summed E-state index contributed by atoms with van der Waals surface area (Å²) in [4.78, 5) is 23.2. The van der Waals surface area contributed by atoms with Crippen molar-refractivity contribution in [2.45, 2.75) is 0 Å². The van der Waals surface area contributed by atoms with E-state index >= 15 is 0 Å². The monoisotopic (exact) mass is 395 g/mol. The van der Waals surface area contributed by atoms with Crippen LogP contribution in [0, 0.1) is 0 Å². The molecule has 0 saturated carbocycles. The van der Waals surface area contributed by atoms with E-state index in [4.69, 9.17) is 16.8 Å². The number of carbonyl (C=O) groups excluding carboxylic acids is 2. The van der Waals surface area contributed by atoms with Crippen LogP contribution in [0.5, 0.6) is 0 Å². The molecule has 0 atom stereocenters. The lowest BCUT2D eigenvalue weighted by atomic mass is 10.1. The van der Waals surface area contributed by atoms with Crippen molar-refractivity contribution < 1.29 is 14.8 Å². The third kappa shape index (κ3) is 4.38. The van der Waals surface area contributed by atoms with Crippen molar-refractivity contribution in [2.75, 3.05) is 0 Å². The highest BCUT2D eigenvalue weighted by Crippen LogP contribution is 2.17. The number of nitrogens with zero attached hydrogens (tertiary/aromatic N) is 1. The predicted molar refractivity (Wildman–Crippen MR) is 89.9 cm³/mol. The minimum atomic E-state index is -0.669. The molecule has 0 spiro atoms. The second kappa shape index (κ2) is 7.87. The van der Waals surface area contributed by atoms with Crippen molar-refractivity contribution >= 4 is 45.6 Å². The number of amides is 2.